The number of benzene rings is 2. The third kappa shape index (κ3) is 3.50. The van der Waals surface area contributed by atoms with Gasteiger partial charge in [0.25, 0.3) is 5.91 Å². The van der Waals surface area contributed by atoms with Crippen molar-refractivity contribution < 1.29 is 22.7 Å². The number of nitrogens with one attached hydrogen (secondary N) is 1. The van der Waals surface area contributed by atoms with Crippen LogP contribution in [-0.4, -0.2) is 12.5 Å². The highest BCUT2D eigenvalue weighted by atomic mass is 19.3. The minimum Gasteiger partial charge on any atom is -0.434 e. The molecule has 2 aromatic rings. The van der Waals surface area contributed by atoms with Crippen molar-refractivity contribution in [2.24, 2.45) is 0 Å². The largest absolute Gasteiger partial charge is 0.434 e. The fourth-order valence-corrected chi connectivity index (χ4v) is 1.62. The van der Waals surface area contributed by atoms with Crippen molar-refractivity contribution in [1.82, 2.24) is 0 Å². The maximum absolute atomic E-state index is 13.0. The second kappa shape index (κ2) is 6.10. The van der Waals surface area contributed by atoms with E-state index in [0.717, 1.165) is 6.07 Å². The van der Waals surface area contributed by atoms with Gasteiger partial charge >= 0.3 is 6.61 Å². The Morgan fingerprint density at radius 1 is 1.10 bits per heavy atom. The number of alkyl halides is 2. The Kier molecular flexibility index (Phi) is 4.24. The Bertz CT molecular complexity index is 617. The van der Waals surface area contributed by atoms with Gasteiger partial charge in [-0.2, -0.15) is 8.78 Å². The summed E-state index contributed by atoms with van der Waals surface area (Å²) in [6.45, 7) is -3.03. The maximum atomic E-state index is 13.0. The Morgan fingerprint density at radius 3 is 2.55 bits per heavy atom. The molecule has 0 heterocycles. The number of anilines is 1. The van der Waals surface area contributed by atoms with Crippen LogP contribution in [0.3, 0.4) is 0 Å². The predicted molar refractivity (Wildman–Crippen MR) is 67.4 cm³/mol. The van der Waals surface area contributed by atoms with Crippen LogP contribution in [-0.2, 0) is 0 Å². The summed E-state index contributed by atoms with van der Waals surface area (Å²) in [4.78, 5) is 12.0. The highest BCUT2D eigenvalue weighted by molar-refractivity contribution is 6.06. The summed E-state index contributed by atoms with van der Waals surface area (Å²) in [6.07, 6.45) is 0. The smallest absolute Gasteiger partial charge is 0.387 e. The minimum absolute atomic E-state index is 0.0583. The first kappa shape index (κ1) is 13.9. The first-order chi connectivity index (χ1) is 9.56. The van der Waals surface area contributed by atoms with E-state index in [4.69, 9.17) is 0 Å². The zero-order chi connectivity index (χ0) is 14.5. The number of carbonyl (C=O) groups excluding carboxylic acids is 1. The molecular weight excluding hydrogens is 271 g/mol. The standard InChI is InChI=1S/C14H10F3NO2/c15-9-4-3-5-10(8-9)18-13(19)11-6-1-2-7-12(11)20-14(16)17/h1-8,14H,(H,18,19). The minimum atomic E-state index is -3.03. The fourth-order valence-electron chi connectivity index (χ4n) is 1.62. The highest BCUT2D eigenvalue weighted by Crippen LogP contribution is 2.21. The quantitative estimate of drug-likeness (QED) is 0.928. The molecule has 0 radical (unpaired) electrons. The van der Waals surface area contributed by atoms with E-state index < -0.39 is 18.3 Å². The summed E-state index contributed by atoms with van der Waals surface area (Å²) >= 11 is 0. The van der Waals surface area contributed by atoms with Crippen molar-refractivity contribution in [3.8, 4) is 5.75 Å². The molecule has 2 aromatic carbocycles. The Balaban J connectivity index is 2.21. The van der Waals surface area contributed by atoms with Crippen molar-refractivity contribution in [2.75, 3.05) is 5.32 Å². The summed E-state index contributed by atoms with van der Waals surface area (Å²) in [5, 5.41) is 2.41. The van der Waals surface area contributed by atoms with Crippen molar-refractivity contribution >= 4 is 11.6 Å². The van der Waals surface area contributed by atoms with Gasteiger partial charge in [0.2, 0.25) is 0 Å². The van der Waals surface area contributed by atoms with Gasteiger partial charge in [-0.15, -0.1) is 0 Å². The molecule has 3 nitrogen and oxygen atoms in total. The lowest BCUT2D eigenvalue weighted by Gasteiger charge is -2.10. The molecule has 0 spiro atoms. The molecule has 0 unspecified atom stereocenters. The molecule has 20 heavy (non-hydrogen) atoms. The molecule has 0 aliphatic carbocycles. The van der Waals surface area contributed by atoms with Gasteiger partial charge in [0, 0.05) is 5.69 Å². The monoisotopic (exact) mass is 281 g/mol. The first-order valence-electron chi connectivity index (χ1n) is 5.67. The van der Waals surface area contributed by atoms with Gasteiger partial charge in [-0.05, 0) is 30.3 Å². The van der Waals surface area contributed by atoms with Gasteiger partial charge in [0.15, 0.2) is 0 Å². The second-order valence-corrected chi connectivity index (χ2v) is 3.84. The number of halogens is 3. The lowest BCUT2D eigenvalue weighted by molar-refractivity contribution is -0.0501. The molecule has 0 aliphatic heterocycles. The zero-order valence-electron chi connectivity index (χ0n) is 10.1. The Labute approximate surface area is 113 Å². The number of rotatable bonds is 4. The molecule has 0 saturated carbocycles. The van der Waals surface area contributed by atoms with Crippen LogP contribution in [0.5, 0.6) is 5.75 Å². The summed E-state index contributed by atoms with van der Waals surface area (Å²) in [6, 6.07) is 10.8. The summed E-state index contributed by atoms with van der Waals surface area (Å²) in [5.74, 6) is -1.41. The predicted octanol–water partition coefficient (Wildman–Crippen LogP) is 3.68. The molecule has 6 heteroatoms. The Morgan fingerprint density at radius 2 is 1.85 bits per heavy atom. The van der Waals surface area contributed by atoms with Crippen molar-refractivity contribution in [3.05, 3.63) is 59.9 Å². The third-order valence-electron chi connectivity index (χ3n) is 2.43. The molecule has 2 rings (SSSR count). The van der Waals surface area contributed by atoms with Crippen LogP contribution in [0, 0.1) is 5.82 Å². The van der Waals surface area contributed by atoms with E-state index in [0.29, 0.717) is 0 Å². The number of ether oxygens (including phenoxy) is 1. The molecule has 104 valence electrons. The lowest BCUT2D eigenvalue weighted by atomic mass is 10.2. The van der Waals surface area contributed by atoms with Crippen LogP contribution < -0.4 is 10.1 Å². The molecule has 1 amide bonds. The van der Waals surface area contributed by atoms with Crippen molar-refractivity contribution in [3.63, 3.8) is 0 Å². The number of hydrogen-bond donors (Lipinski definition) is 1. The molecule has 1 N–H and O–H groups in total. The SMILES string of the molecule is O=C(Nc1cccc(F)c1)c1ccccc1OC(F)F. The first-order valence-corrected chi connectivity index (χ1v) is 5.67. The molecular formula is C14H10F3NO2. The lowest BCUT2D eigenvalue weighted by Crippen LogP contribution is -2.15. The number of hydrogen-bond acceptors (Lipinski definition) is 2. The van der Waals surface area contributed by atoms with E-state index in [1.165, 1.54) is 42.5 Å². The van der Waals surface area contributed by atoms with Crippen LogP contribution in [0.25, 0.3) is 0 Å². The van der Waals surface area contributed by atoms with Gasteiger partial charge in [-0.1, -0.05) is 18.2 Å². The molecule has 0 bridgehead atoms. The van der Waals surface area contributed by atoms with Crippen LogP contribution >= 0.6 is 0 Å². The number of para-hydroxylation sites is 1. The maximum Gasteiger partial charge on any atom is 0.387 e. The van der Waals surface area contributed by atoms with E-state index in [9.17, 15) is 18.0 Å². The van der Waals surface area contributed by atoms with E-state index in [-0.39, 0.29) is 17.0 Å². The van der Waals surface area contributed by atoms with Gasteiger partial charge in [-0.25, -0.2) is 4.39 Å². The van der Waals surface area contributed by atoms with Gasteiger partial charge in [0.1, 0.15) is 11.6 Å². The van der Waals surface area contributed by atoms with E-state index >= 15 is 0 Å². The average molecular weight is 281 g/mol. The van der Waals surface area contributed by atoms with Crippen LogP contribution in [0.2, 0.25) is 0 Å². The number of carbonyl (C=O) groups is 1. The fraction of sp³-hybridized carbons (Fsp3) is 0.0714. The molecule has 0 fully saturated rings. The van der Waals surface area contributed by atoms with Gasteiger partial charge in [-0.3, -0.25) is 4.79 Å². The topological polar surface area (TPSA) is 38.3 Å². The van der Waals surface area contributed by atoms with Crippen LogP contribution in [0.1, 0.15) is 10.4 Å². The van der Waals surface area contributed by atoms with E-state index in [2.05, 4.69) is 10.1 Å². The van der Waals surface area contributed by atoms with Crippen LogP contribution in [0.15, 0.2) is 48.5 Å². The summed E-state index contributed by atoms with van der Waals surface area (Å²) in [7, 11) is 0. The molecule has 0 saturated heterocycles. The van der Waals surface area contributed by atoms with Crippen molar-refractivity contribution in [2.45, 2.75) is 6.61 Å². The molecule has 0 aliphatic rings. The van der Waals surface area contributed by atoms with E-state index in [1.54, 1.807) is 0 Å². The molecule has 0 aromatic heterocycles. The number of amides is 1. The summed E-state index contributed by atoms with van der Waals surface area (Å²) < 4.78 is 41.7. The average Bonchev–Trinajstić information content (AvgIpc) is 2.38. The van der Waals surface area contributed by atoms with Crippen molar-refractivity contribution in [1.29, 1.82) is 0 Å². The van der Waals surface area contributed by atoms with Gasteiger partial charge < -0.3 is 10.1 Å². The van der Waals surface area contributed by atoms with E-state index in [1.807, 2.05) is 0 Å². The van der Waals surface area contributed by atoms with Gasteiger partial charge in [0.05, 0.1) is 5.56 Å². The normalized spacial score (nSPS) is 10.4. The Hall–Kier alpha value is -2.50. The van der Waals surface area contributed by atoms with Crippen LogP contribution in [0.4, 0.5) is 18.9 Å². The molecule has 0 atom stereocenters. The highest BCUT2D eigenvalue weighted by Gasteiger charge is 2.15. The second-order valence-electron chi connectivity index (χ2n) is 3.84. The third-order valence-corrected chi connectivity index (χ3v) is 2.43. The zero-order valence-corrected chi connectivity index (χ0v) is 10.1. The summed E-state index contributed by atoms with van der Waals surface area (Å²) in [5.41, 5.74) is 0.166.